The number of anilines is 2. The van der Waals surface area contributed by atoms with Crippen molar-refractivity contribution in [1.82, 2.24) is 15.0 Å². The van der Waals surface area contributed by atoms with Gasteiger partial charge in [-0.15, -0.1) is 0 Å². The molecule has 1 unspecified atom stereocenters. The SMILES string of the molecule is COc1ccc2oc(C(C)Nc3nc(N)nc(C(F)(F)F)n3)cc2c1. The summed E-state index contributed by atoms with van der Waals surface area (Å²) in [6.45, 7) is 1.70. The average molecular weight is 353 g/mol. The first kappa shape index (κ1) is 16.8. The van der Waals surface area contributed by atoms with Crippen molar-refractivity contribution < 1.29 is 22.3 Å². The van der Waals surface area contributed by atoms with Gasteiger partial charge in [-0.25, -0.2) is 0 Å². The van der Waals surface area contributed by atoms with Crippen molar-refractivity contribution in [2.24, 2.45) is 0 Å². The van der Waals surface area contributed by atoms with Crippen LogP contribution in [-0.4, -0.2) is 22.1 Å². The predicted octanol–water partition coefficient (Wildman–Crippen LogP) is 3.40. The van der Waals surface area contributed by atoms with Crippen LogP contribution in [0.15, 0.2) is 28.7 Å². The van der Waals surface area contributed by atoms with Crippen LogP contribution in [0.3, 0.4) is 0 Å². The second-order valence-corrected chi connectivity index (χ2v) is 5.26. The Labute approximate surface area is 140 Å². The minimum atomic E-state index is -4.72. The Morgan fingerprint density at radius 3 is 2.64 bits per heavy atom. The molecule has 25 heavy (non-hydrogen) atoms. The highest BCUT2D eigenvalue weighted by Gasteiger charge is 2.35. The summed E-state index contributed by atoms with van der Waals surface area (Å²) in [5, 5.41) is 3.53. The fourth-order valence-corrected chi connectivity index (χ4v) is 2.23. The topological polar surface area (TPSA) is 99.1 Å². The Morgan fingerprint density at radius 2 is 1.96 bits per heavy atom. The summed E-state index contributed by atoms with van der Waals surface area (Å²) in [5.74, 6) is -1.00. The highest BCUT2D eigenvalue weighted by molar-refractivity contribution is 5.79. The Hall–Kier alpha value is -3.04. The number of aromatic nitrogens is 3. The molecule has 0 radical (unpaired) electrons. The molecule has 0 saturated carbocycles. The van der Waals surface area contributed by atoms with Crippen LogP contribution in [-0.2, 0) is 6.18 Å². The fraction of sp³-hybridized carbons (Fsp3) is 0.267. The van der Waals surface area contributed by atoms with Crippen LogP contribution >= 0.6 is 0 Å². The van der Waals surface area contributed by atoms with Gasteiger partial charge in [0.25, 0.3) is 0 Å². The first-order valence-electron chi connectivity index (χ1n) is 7.19. The molecule has 0 amide bonds. The molecule has 132 valence electrons. The third-order valence-electron chi connectivity index (χ3n) is 3.42. The number of methoxy groups -OCH3 is 1. The lowest BCUT2D eigenvalue weighted by Gasteiger charge is -2.13. The fourth-order valence-electron chi connectivity index (χ4n) is 2.23. The van der Waals surface area contributed by atoms with Crippen molar-refractivity contribution in [2.45, 2.75) is 19.1 Å². The van der Waals surface area contributed by atoms with Crippen LogP contribution in [0.5, 0.6) is 5.75 Å². The van der Waals surface area contributed by atoms with E-state index in [1.807, 2.05) is 0 Å². The number of halogens is 3. The van der Waals surface area contributed by atoms with Gasteiger partial charge < -0.3 is 20.2 Å². The summed E-state index contributed by atoms with van der Waals surface area (Å²) in [6, 6.07) is 6.53. The molecule has 0 aliphatic rings. The zero-order valence-electron chi connectivity index (χ0n) is 13.3. The zero-order chi connectivity index (χ0) is 18.2. The number of nitrogens with two attached hydrogens (primary N) is 1. The standard InChI is InChI=1S/C15H14F3N5O2/c1-7(11-6-8-5-9(24-2)3-4-10(8)25-11)20-14-22-12(15(16,17)18)21-13(19)23-14/h3-7H,1-2H3,(H3,19,20,21,22,23). The lowest BCUT2D eigenvalue weighted by Crippen LogP contribution is -2.17. The van der Waals surface area contributed by atoms with Crippen LogP contribution in [0.4, 0.5) is 25.1 Å². The van der Waals surface area contributed by atoms with Gasteiger partial charge in [0.05, 0.1) is 13.2 Å². The number of fused-ring (bicyclic) bond motifs is 1. The summed E-state index contributed by atoms with van der Waals surface area (Å²) in [6.07, 6.45) is -4.72. The number of furan rings is 1. The van der Waals surface area contributed by atoms with E-state index >= 15 is 0 Å². The van der Waals surface area contributed by atoms with Crippen molar-refractivity contribution >= 4 is 22.9 Å². The molecule has 1 atom stereocenters. The quantitative estimate of drug-likeness (QED) is 0.741. The number of hydrogen-bond donors (Lipinski definition) is 2. The molecule has 3 aromatic rings. The molecule has 3 rings (SSSR count). The summed E-state index contributed by atoms with van der Waals surface area (Å²) in [7, 11) is 1.55. The Kier molecular flexibility index (Phi) is 4.11. The lowest BCUT2D eigenvalue weighted by molar-refractivity contribution is -0.144. The van der Waals surface area contributed by atoms with Crippen molar-refractivity contribution in [3.8, 4) is 5.75 Å². The van der Waals surface area contributed by atoms with E-state index in [1.54, 1.807) is 38.3 Å². The Bertz CT molecular complexity index is 910. The van der Waals surface area contributed by atoms with Crippen molar-refractivity contribution in [2.75, 3.05) is 18.2 Å². The monoisotopic (exact) mass is 353 g/mol. The van der Waals surface area contributed by atoms with E-state index in [0.29, 0.717) is 17.1 Å². The maximum Gasteiger partial charge on any atom is 0.451 e. The number of alkyl halides is 3. The average Bonchev–Trinajstić information content (AvgIpc) is 2.96. The number of benzene rings is 1. The van der Waals surface area contributed by atoms with Gasteiger partial charge in [0, 0.05) is 5.39 Å². The largest absolute Gasteiger partial charge is 0.497 e. The second kappa shape index (κ2) is 6.11. The molecular weight excluding hydrogens is 339 g/mol. The molecule has 10 heteroatoms. The summed E-state index contributed by atoms with van der Waals surface area (Å²) in [5.41, 5.74) is 5.95. The van der Waals surface area contributed by atoms with E-state index < -0.39 is 24.0 Å². The molecule has 2 heterocycles. The van der Waals surface area contributed by atoms with Crippen LogP contribution < -0.4 is 15.8 Å². The maximum atomic E-state index is 12.8. The second-order valence-electron chi connectivity index (χ2n) is 5.26. The molecule has 0 spiro atoms. The summed E-state index contributed by atoms with van der Waals surface area (Å²) in [4.78, 5) is 10.1. The van der Waals surface area contributed by atoms with E-state index in [2.05, 4.69) is 20.3 Å². The number of rotatable bonds is 4. The van der Waals surface area contributed by atoms with Crippen molar-refractivity contribution in [3.63, 3.8) is 0 Å². The predicted molar refractivity (Wildman–Crippen MR) is 84.0 cm³/mol. The first-order chi connectivity index (χ1) is 11.8. The minimum Gasteiger partial charge on any atom is -0.497 e. The number of ether oxygens (including phenoxy) is 1. The van der Waals surface area contributed by atoms with Gasteiger partial charge in [-0.2, -0.15) is 28.1 Å². The van der Waals surface area contributed by atoms with Gasteiger partial charge in [0.15, 0.2) is 0 Å². The van der Waals surface area contributed by atoms with Crippen LogP contribution in [0.1, 0.15) is 24.6 Å². The van der Waals surface area contributed by atoms with Crippen LogP contribution in [0.2, 0.25) is 0 Å². The summed E-state index contributed by atoms with van der Waals surface area (Å²) < 4.78 is 49.1. The van der Waals surface area contributed by atoms with E-state index in [0.717, 1.165) is 5.39 Å². The number of nitrogens with zero attached hydrogens (tertiary/aromatic N) is 3. The zero-order valence-corrected chi connectivity index (χ0v) is 13.3. The first-order valence-corrected chi connectivity index (χ1v) is 7.19. The number of hydrogen-bond acceptors (Lipinski definition) is 7. The van der Waals surface area contributed by atoms with Gasteiger partial charge in [-0.1, -0.05) is 0 Å². The van der Waals surface area contributed by atoms with E-state index in [1.165, 1.54) is 0 Å². The molecule has 7 nitrogen and oxygen atoms in total. The van der Waals surface area contributed by atoms with Gasteiger partial charge in [0.2, 0.25) is 17.7 Å². The maximum absolute atomic E-state index is 12.8. The van der Waals surface area contributed by atoms with Crippen LogP contribution in [0.25, 0.3) is 11.0 Å². The number of nitrogen functional groups attached to an aromatic ring is 1. The van der Waals surface area contributed by atoms with Gasteiger partial charge in [-0.3, -0.25) is 0 Å². The molecule has 0 aliphatic carbocycles. The molecular formula is C15H14F3N5O2. The summed E-state index contributed by atoms with van der Waals surface area (Å²) >= 11 is 0. The Morgan fingerprint density at radius 1 is 1.20 bits per heavy atom. The van der Waals surface area contributed by atoms with Crippen molar-refractivity contribution in [3.05, 3.63) is 35.9 Å². The van der Waals surface area contributed by atoms with Gasteiger partial charge >= 0.3 is 6.18 Å². The van der Waals surface area contributed by atoms with Gasteiger partial charge in [-0.05, 0) is 31.2 Å². The number of nitrogens with one attached hydrogen (secondary N) is 1. The molecule has 2 aromatic heterocycles. The third kappa shape index (κ3) is 3.57. The van der Waals surface area contributed by atoms with E-state index in [-0.39, 0.29) is 5.95 Å². The molecule has 0 aliphatic heterocycles. The molecule has 1 aromatic carbocycles. The normalized spacial score (nSPS) is 13.0. The minimum absolute atomic E-state index is 0.287. The molecule has 0 saturated heterocycles. The van der Waals surface area contributed by atoms with E-state index in [9.17, 15) is 13.2 Å². The molecule has 0 bridgehead atoms. The smallest absolute Gasteiger partial charge is 0.451 e. The van der Waals surface area contributed by atoms with Crippen LogP contribution in [0, 0.1) is 0 Å². The van der Waals surface area contributed by atoms with Crippen molar-refractivity contribution in [1.29, 1.82) is 0 Å². The van der Waals surface area contributed by atoms with Gasteiger partial charge in [0.1, 0.15) is 17.1 Å². The van der Waals surface area contributed by atoms with E-state index in [4.69, 9.17) is 14.9 Å². The lowest BCUT2D eigenvalue weighted by atomic mass is 10.2. The Balaban J connectivity index is 1.87. The molecule has 0 fully saturated rings. The highest BCUT2D eigenvalue weighted by atomic mass is 19.4. The molecule has 3 N–H and O–H groups in total. The highest BCUT2D eigenvalue weighted by Crippen LogP contribution is 2.30. The third-order valence-corrected chi connectivity index (χ3v) is 3.42.